The van der Waals surface area contributed by atoms with Crippen molar-refractivity contribution in [3.05, 3.63) is 54.6 Å². The number of fused-ring (bicyclic) bond motifs is 1. The zero-order chi connectivity index (χ0) is 15.5. The molecule has 2 unspecified atom stereocenters. The van der Waals surface area contributed by atoms with Gasteiger partial charge in [-0.3, -0.25) is 4.99 Å². The van der Waals surface area contributed by atoms with Crippen LogP contribution in [0.1, 0.15) is 0 Å². The average molecular weight is 305 g/mol. The van der Waals surface area contributed by atoms with Gasteiger partial charge in [0.05, 0.1) is 6.54 Å². The minimum Gasteiger partial charge on any atom is -0.457 e. The molecule has 2 aromatic carbocycles. The lowest BCUT2D eigenvalue weighted by molar-refractivity contribution is 0.483. The number of benzene rings is 2. The molecule has 0 radical (unpaired) electrons. The molecule has 0 fully saturated rings. The number of rotatable bonds is 3. The van der Waals surface area contributed by atoms with E-state index in [-0.39, 0.29) is 12.1 Å². The molecule has 0 bridgehead atoms. The van der Waals surface area contributed by atoms with Crippen molar-refractivity contribution in [3.8, 4) is 11.5 Å². The van der Waals surface area contributed by atoms with Gasteiger partial charge in [-0.1, -0.05) is 18.2 Å². The van der Waals surface area contributed by atoms with Crippen molar-refractivity contribution >= 4 is 17.9 Å². The minimum absolute atomic E-state index is 0.0793. The van der Waals surface area contributed by atoms with E-state index in [0.29, 0.717) is 6.54 Å². The van der Waals surface area contributed by atoms with Crippen LogP contribution in [0.2, 0.25) is 0 Å². The second-order valence-corrected chi connectivity index (χ2v) is 5.30. The molecule has 2 atom stereocenters. The van der Waals surface area contributed by atoms with Crippen LogP contribution in [0.15, 0.2) is 74.8 Å². The Balaban J connectivity index is 1.45. The van der Waals surface area contributed by atoms with Gasteiger partial charge in [-0.15, -0.1) is 0 Å². The van der Waals surface area contributed by atoms with Crippen molar-refractivity contribution in [2.45, 2.75) is 12.1 Å². The molecule has 2 heterocycles. The number of aliphatic imine (C=N–C) groups is 2. The first-order chi connectivity index (χ1) is 11.4. The molecule has 23 heavy (non-hydrogen) atoms. The molecule has 0 aromatic heterocycles. The van der Waals surface area contributed by atoms with Crippen LogP contribution in [-0.2, 0) is 0 Å². The van der Waals surface area contributed by atoms with Crippen molar-refractivity contribution in [3.63, 3.8) is 0 Å². The molecule has 0 saturated heterocycles. The van der Waals surface area contributed by atoms with E-state index in [1.807, 2.05) is 54.6 Å². The van der Waals surface area contributed by atoms with E-state index < -0.39 is 0 Å². The highest BCUT2D eigenvalue weighted by molar-refractivity contribution is 6.04. The molecule has 2 aliphatic rings. The standard InChI is InChI=1S/C17H15N5O/c1-2-4-13(5-3-1)23-14-8-6-12(7-9-14)21-17-16-15(10-20-22-16)18-11-19-17/h1-9,11,15-16H,10H2,(H,18,19,21). The van der Waals surface area contributed by atoms with Crippen LogP contribution in [0.3, 0.4) is 0 Å². The molecule has 4 rings (SSSR count). The molecule has 0 aliphatic carbocycles. The van der Waals surface area contributed by atoms with Crippen LogP contribution >= 0.6 is 0 Å². The summed E-state index contributed by atoms with van der Waals surface area (Å²) in [6, 6.07) is 17.4. The fraction of sp³-hybridized carbons (Fsp3) is 0.176. The first kappa shape index (κ1) is 13.6. The Morgan fingerprint density at radius 1 is 0.957 bits per heavy atom. The summed E-state index contributed by atoms with van der Waals surface area (Å²) in [4.78, 5) is 8.57. The monoisotopic (exact) mass is 305 g/mol. The van der Waals surface area contributed by atoms with Crippen LogP contribution < -0.4 is 10.1 Å². The molecule has 0 spiro atoms. The van der Waals surface area contributed by atoms with Crippen LogP contribution in [0, 0.1) is 0 Å². The molecule has 0 saturated carbocycles. The van der Waals surface area contributed by atoms with Gasteiger partial charge in [-0.05, 0) is 36.4 Å². The topological polar surface area (TPSA) is 70.7 Å². The van der Waals surface area contributed by atoms with Gasteiger partial charge in [0.2, 0.25) is 0 Å². The summed E-state index contributed by atoms with van der Waals surface area (Å²) in [7, 11) is 0. The molecule has 2 aliphatic heterocycles. The molecule has 6 heteroatoms. The highest BCUT2D eigenvalue weighted by Gasteiger charge is 2.31. The van der Waals surface area contributed by atoms with Crippen LogP contribution in [-0.4, -0.2) is 30.8 Å². The highest BCUT2D eigenvalue weighted by atomic mass is 16.5. The van der Waals surface area contributed by atoms with Crippen LogP contribution in [0.5, 0.6) is 11.5 Å². The van der Waals surface area contributed by atoms with Gasteiger partial charge in [-0.2, -0.15) is 10.2 Å². The van der Waals surface area contributed by atoms with Gasteiger partial charge in [0, 0.05) is 5.69 Å². The lowest BCUT2D eigenvalue weighted by atomic mass is 10.1. The summed E-state index contributed by atoms with van der Waals surface area (Å²) in [6.07, 6.45) is 1.58. The Kier molecular flexibility index (Phi) is 3.56. The summed E-state index contributed by atoms with van der Waals surface area (Å²) in [5.41, 5.74) is 0.931. The number of ether oxygens (including phenoxy) is 1. The molecular formula is C17H15N5O. The SMILES string of the molecule is C1=NC2CN=NC2C(Nc2ccc(Oc3ccccc3)cc2)=N1. The third-order valence-electron chi connectivity index (χ3n) is 3.68. The van der Waals surface area contributed by atoms with Crippen molar-refractivity contribution in [2.24, 2.45) is 20.2 Å². The number of amidine groups is 1. The van der Waals surface area contributed by atoms with E-state index in [0.717, 1.165) is 23.0 Å². The van der Waals surface area contributed by atoms with Crippen molar-refractivity contribution in [1.29, 1.82) is 0 Å². The molecule has 6 nitrogen and oxygen atoms in total. The second-order valence-electron chi connectivity index (χ2n) is 5.30. The minimum atomic E-state index is -0.0970. The molecule has 0 amide bonds. The number of anilines is 1. The Morgan fingerprint density at radius 2 is 1.74 bits per heavy atom. The zero-order valence-corrected chi connectivity index (χ0v) is 12.3. The number of nitrogens with one attached hydrogen (secondary N) is 1. The summed E-state index contributed by atoms with van der Waals surface area (Å²) >= 11 is 0. The zero-order valence-electron chi connectivity index (χ0n) is 12.3. The molecule has 114 valence electrons. The van der Waals surface area contributed by atoms with E-state index in [4.69, 9.17) is 4.74 Å². The number of para-hydroxylation sites is 1. The second kappa shape index (κ2) is 6.00. The maximum atomic E-state index is 5.78. The van der Waals surface area contributed by atoms with E-state index in [1.165, 1.54) is 0 Å². The van der Waals surface area contributed by atoms with Crippen molar-refractivity contribution in [2.75, 3.05) is 11.9 Å². The lowest BCUT2D eigenvalue weighted by Gasteiger charge is -2.19. The fourth-order valence-corrected chi connectivity index (χ4v) is 2.50. The first-order valence-electron chi connectivity index (χ1n) is 7.44. The Labute approximate surface area is 133 Å². The largest absolute Gasteiger partial charge is 0.457 e. The van der Waals surface area contributed by atoms with Gasteiger partial charge >= 0.3 is 0 Å². The van der Waals surface area contributed by atoms with Gasteiger partial charge in [0.15, 0.2) is 6.04 Å². The van der Waals surface area contributed by atoms with E-state index >= 15 is 0 Å². The maximum Gasteiger partial charge on any atom is 0.152 e. The summed E-state index contributed by atoms with van der Waals surface area (Å²) in [5.74, 6) is 2.38. The summed E-state index contributed by atoms with van der Waals surface area (Å²) < 4.78 is 5.78. The predicted molar refractivity (Wildman–Crippen MR) is 89.8 cm³/mol. The average Bonchev–Trinajstić information content (AvgIpc) is 3.07. The predicted octanol–water partition coefficient (Wildman–Crippen LogP) is 3.53. The highest BCUT2D eigenvalue weighted by Crippen LogP contribution is 2.24. The smallest absolute Gasteiger partial charge is 0.152 e. The van der Waals surface area contributed by atoms with Gasteiger partial charge in [0.25, 0.3) is 0 Å². The molecule has 1 N–H and O–H groups in total. The van der Waals surface area contributed by atoms with E-state index in [9.17, 15) is 0 Å². The third-order valence-corrected chi connectivity index (χ3v) is 3.68. The Morgan fingerprint density at radius 3 is 2.57 bits per heavy atom. The Hall–Kier alpha value is -3.02. The fourth-order valence-electron chi connectivity index (χ4n) is 2.50. The lowest BCUT2D eigenvalue weighted by Crippen LogP contribution is -2.36. The van der Waals surface area contributed by atoms with Crippen molar-refractivity contribution in [1.82, 2.24) is 0 Å². The molecular weight excluding hydrogens is 290 g/mol. The Bertz CT molecular complexity index is 767. The van der Waals surface area contributed by atoms with Crippen molar-refractivity contribution < 1.29 is 4.74 Å². The molecule has 2 aromatic rings. The van der Waals surface area contributed by atoms with Crippen LogP contribution in [0.4, 0.5) is 5.69 Å². The first-order valence-corrected chi connectivity index (χ1v) is 7.44. The number of hydrogen-bond acceptors (Lipinski definition) is 6. The van der Waals surface area contributed by atoms with Gasteiger partial charge in [0.1, 0.15) is 29.7 Å². The third kappa shape index (κ3) is 2.96. The van der Waals surface area contributed by atoms with E-state index in [1.54, 1.807) is 6.34 Å². The number of hydrogen-bond donors (Lipinski definition) is 1. The quantitative estimate of drug-likeness (QED) is 0.942. The normalized spacial score (nSPS) is 21.7. The van der Waals surface area contributed by atoms with Gasteiger partial charge in [-0.25, -0.2) is 4.99 Å². The number of azo groups is 1. The van der Waals surface area contributed by atoms with E-state index in [2.05, 4.69) is 25.5 Å². The number of nitrogens with zero attached hydrogens (tertiary/aromatic N) is 4. The maximum absolute atomic E-state index is 5.78. The van der Waals surface area contributed by atoms with Gasteiger partial charge < -0.3 is 10.1 Å². The summed E-state index contributed by atoms with van der Waals surface area (Å²) in [5, 5.41) is 11.5. The van der Waals surface area contributed by atoms with Crippen LogP contribution in [0.25, 0.3) is 0 Å². The summed E-state index contributed by atoms with van der Waals surface area (Å²) in [6.45, 7) is 0.631.